The Morgan fingerprint density at radius 1 is 1.15 bits per heavy atom. The van der Waals surface area contributed by atoms with Gasteiger partial charge in [-0.05, 0) is 40.8 Å². The predicted octanol–water partition coefficient (Wildman–Crippen LogP) is 4.93. The van der Waals surface area contributed by atoms with E-state index < -0.39 is 0 Å². The summed E-state index contributed by atoms with van der Waals surface area (Å²) in [7, 11) is 0. The molecule has 3 nitrogen and oxygen atoms in total. The lowest BCUT2D eigenvalue weighted by molar-refractivity contribution is 0.564. The van der Waals surface area contributed by atoms with E-state index >= 15 is 0 Å². The van der Waals surface area contributed by atoms with Crippen LogP contribution < -0.4 is 5.73 Å². The Morgan fingerprint density at radius 2 is 1.80 bits per heavy atom. The zero-order valence-electron chi connectivity index (χ0n) is 11.3. The van der Waals surface area contributed by atoms with Crippen LogP contribution >= 0.6 is 45.8 Å². The summed E-state index contributed by atoms with van der Waals surface area (Å²) in [6, 6.07) is 5.21. The van der Waals surface area contributed by atoms with Gasteiger partial charge in [0, 0.05) is 16.0 Å². The first-order valence-corrected chi connectivity index (χ1v) is 7.82. The molecule has 2 N–H and O–H groups in total. The molecule has 106 valence electrons. The van der Waals surface area contributed by atoms with E-state index in [0.29, 0.717) is 27.3 Å². The van der Waals surface area contributed by atoms with Gasteiger partial charge in [-0.3, -0.25) is 0 Å². The largest absolute Gasteiger partial charge is 0.383 e. The molecule has 0 aliphatic heterocycles. The highest BCUT2D eigenvalue weighted by Crippen LogP contribution is 2.33. The molecule has 0 unspecified atom stereocenters. The number of nitrogens with two attached hydrogens (primary N) is 1. The van der Waals surface area contributed by atoms with Crippen LogP contribution in [-0.2, 0) is 5.41 Å². The van der Waals surface area contributed by atoms with Crippen LogP contribution in [0.3, 0.4) is 0 Å². The first-order chi connectivity index (χ1) is 9.20. The van der Waals surface area contributed by atoms with Crippen LogP contribution in [-0.4, -0.2) is 9.97 Å². The van der Waals surface area contributed by atoms with Crippen LogP contribution in [0.25, 0.3) is 11.4 Å². The average Bonchev–Trinajstić information content (AvgIpc) is 2.34. The van der Waals surface area contributed by atoms with Gasteiger partial charge in [-0.2, -0.15) is 0 Å². The second-order valence-electron chi connectivity index (χ2n) is 5.47. The Morgan fingerprint density at radius 3 is 2.40 bits per heavy atom. The third kappa shape index (κ3) is 3.18. The fourth-order valence-electron chi connectivity index (χ4n) is 1.75. The van der Waals surface area contributed by atoms with Crippen molar-refractivity contribution >= 4 is 51.6 Å². The molecule has 0 bridgehead atoms. The maximum absolute atomic E-state index is 6.21. The molecule has 1 aromatic heterocycles. The predicted molar refractivity (Wildman–Crippen MR) is 93.3 cm³/mol. The Bertz CT molecular complexity index is 666. The van der Waals surface area contributed by atoms with Crippen molar-refractivity contribution in [1.82, 2.24) is 9.97 Å². The molecule has 1 heterocycles. The number of anilines is 1. The molecule has 0 spiro atoms. The summed E-state index contributed by atoms with van der Waals surface area (Å²) in [6.07, 6.45) is 0. The summed E-state index contributed by atoms with van der Waals surface area (Å²) < 4.78 is 0.872. The number of nitrogen functional groups attached to an aromatic ring is 1. The standard InChI is InChI=1S/C14H14Cl2IN3/c1-14(2,3)11-10(17)12(18)20-13(19-11)8-6-7(15)4-5-9(8)16/h4-6H,1-3H3,(H2,18,19,20). The van der Waals surface area contributed by atoms with E-state index in [0.717, 1.165) is 9.26 Å². The van der Waals surface area contributed by atoms with Gasteiger partial charge in [0.15, 0.2) is 5.82 Å². The topological polar surface area (TPSA) is 51.8 Å². The van der Waals surface area contributed by atoms with Crippen molar-refractivity contribution in [2.24, 2.45) is 0 Å². The summed E-state index contributed by atoms with van der Waals surface area (Å²) in [6.45, 7) is 6.25. The van der Waals surface area contributed by atoms with Crippen molar-refractivity contribution in [3.63, 3.8) is 0 Å². The van der Waals surface area contributed by atoms with Gasteiger partial charge in [-0.1, -0.05) is 44.0 Å². The van der Waals surface area contributed by atoms with Crippen molar-refractivity contribution < 1.29 is 0 Å². The molecule has 1 aromatic carbocycles. The van der Waals surface area contributed by atoms with Crippen LogP contribution in [0.1, 0.15) is 26.5 Å². The maximum Gasteiger partial charge on any atom is 0.163 e. The van der Waals surface area contributed by atoms with Crippen LogP contribution in [0.5, 0.6) is 0 Å². The van der Waals surface area contributed by atoms with Gasteiger partial charge in [0.25, 0.3) is 0 Å². The number of rotatable bonds is 1. The number of hydrogen-bond acceptors (Lipinski definition) is 3. The molecular weight excluding hydrogens is 408 g/mol. The van der Waals surface area contributed by atoms with Crippen LogP contribution in [0, 0.1) is 3.57 Å². The fraction of sp³-hybridized carbons (Fsp3) is 0.286. The van der Waals surface area contributed by atoms with E-state index in [1.807, 2.05) is 0 Å². The van der Waals surface area contributed by atoms with Crippen LogP contribution in [0.15, 0.2) is 18.2 Å². The van der Waals surface area contributed by atoms with Gasteiger partial charge in [0.1, 0.15) is 5.82 Å². The minimum atomic E-state index is -0.132. The molecule has 0 saturated carbocycles. The van der Waals surface area contributed by atoms with Gasteiger partial charge in [0.2, 0.25) is 0 Å². The zero-order valence-corrected chi connectivity index (χ0v) is 15.0. The smallest absolute Gasteiger partial charge is 0.163 e. The van der Waals surface area contributed by atoms with E-state index in [1.54, 1.807) is 18.2 Å². The van der Waals surface area contributed by atoms with Gasteiger partial charge in [0.05, 0.1) is 14.3 Å². The minimum absolute atomic E-state index is 0.132. The Kier molecular flexibility index (Phi) is 4.47. The summed E-state index contributed by atoms with van der Waals surface area (Å²) >= 11 is 14.4. The minimum Gasteiger partial charge on any atom is -0.383 e. The van der Waals surface area contributed by atoms with Gasteiger partial charge in [-0.25, -0.2) is 9.97 Å². The number of aromatic nitrogens is 2. The van der Waals surface area contributed by atoms with Crippen LogP contribution in [0.2, 0.25) is 10.0 Å². The number of hydrogen-bond donors (Lipinski definition) is 1. The molecule has 0 radical (unpaired) electrons. The van der Waals surface area contributed by atoms with Crippen molar-refractivity contribution in [2.45, 2.75) is 26.2 Å². The lowest BCUT2D eigenvalue weighted by atomic mass is 9.92. The van der Waals surface area contributed by atoms with Crippen molar-refractivity contribution in [2.75, 3.05) is 5.73 Å². The molecular formula is C14H14Cl2IN3. The molecule has 0 aliphatic carbocycles. The molecule has 0 fully saturated rings. The highest BCUT2D eigenvalue weighted by molar-refractivity contribution is 14.1. The average molecular weight is 422 g/mol. The van der Waals surface area contributed by atoms with E-state index in [1.165, 1.54) is 0 Å². The highest BCUT2D eigenvalue weighted by atomic mass is 127. The second kappa shape index (κ2) is 5.66. The SMILES string of the molecule is CC(C)(C)c1nc(-c2cc(Cl)ccc2Cl)nc(N)c1I. The zero-order chi connectivity index (χ0) is 15.1. The van der Waals surface area contributed by atoms with Crippen molar-refractivity contribution in [3.05, 3.63) is 37.5 Å². The Labute approximate surface area is 142 Å². The van der Waals surface area contributed by atoms with Gasteiger partial charge >= 0.3 is 0 Å². The summed E-state index contributed by atoms with van der Waals surface area (Å²) in [4.78, 5) is 8.97. The molecule has 20 heavy (non-hydrogen) atoms. The van der Waals surface area contributed by atoms with Crippen LogP contribution in [0.4, 0.5) is 5.82 Å². The lowest BCUT2D eigenvalue weighted by Crippen LogP contribution is -2.18. The summed E-state index contributed by atoms with van der Waals surface area (Å²) in [5.41, 5.74) is 7.46. The van der Waals surface area contributed by atoms with E-state index in [4.69, 9.17) is 28.9 Å². The third-order valence-electron chi connectivity index (χ3n) is 2.76. The monoisotopic (exact) mass is 421 g/mol. The second-order valence-corrected chi connectivity index (χ2v) is 7.39. The maximum atomic E-state index is 6.21. The van der Waals surface area contributed by atoms with Gasteiger partial charge < -0.3 is 5.73 Å². The first kappa shape index (κ1) is 15.8. The lowest BCUT2D eigenvalue weighted by Gasteiger charge is -2.21. The third-order valence-corrected chi connectivity index (χ3v) is 4.38. The number of benzene rings is 1. The Balaban J connectivity index is 2.70. The molecule has 0 amide bonds. The van der Waals surface area contributed by atoms with E-state index in [-0.39, 0.29) is 5.41 Å². The van der Waals surface area contributed by atoms with Gasteiger partial charge in [-0.15, -0.1) is 0 Å². The van der Waals surface area contributed by atoms with E-state index in [9.17, 15) is 0 Å². The van der Waals surface area contributed by atoms with E-state index in [2.05, 4.69) is 53.3 Å². The number of halogens is 3. The molecule has 0 atom stereocenters. The molecule has 0 aliphatic rings. The molecule has 2 rings (SSSR count). The summed E-state index contributed by atoms with van der Waals surface area (Å²) in [5.74, 6) is 0.955. The Hall–Kier alpha value is -0.590. The molecule has 6 heteroatoms. The fourth-order valence-corrected chi connectivity index (χ4v) is 3.18. The van der Waals surface area contributed by atoms with Crippen molar-refractivity contribution in [3.8, 4) is 11.4 Å². The number of nitrogens with zero attached hydrogens (tertiary/aromatic N) is 2. The highest BCUT2D eigenvalue weighted by Gasteiger charge is 2.23. The molecule has 0 saturated heterocycles. The van der Waals surface area contributed by atoms with Crippen molar-refractivity contribution in [1.29, 1.82) is 0 Å². The summed E-state index contributed by atoms with van der Waals surface area (Å²) in [5, 5.41) is 1.14. The molecule has 2 aromatic rings. The first-order valence-electron chi connectivity index (χ1n) is 5.99. The normalized spacial score (nSPS) is 11.7. The quantitative estimate of drug-likeness (QED) is 0.663.